The molecule has 2 aromatic carbocycles. The minimum absolute atomic E-state index is 0. The quantitative estimate of drug-likeness (QED) is 0.210. The zero-order chi connectivity index (χ0) is 22.3. The molecule has 1 atom stereocenters. The topological polar surface area (TPSA) is 84.0 Å². The van der Waals surface area contributed by atoms with Crippen molar-refractivity contribution in [2.45, 2.75) is 38.8 Å². The first-order valence-corrected chi connectivity index (χ1v) is 10.7. The van der Waals surface area contributed by atoms with Crippen molar-refractivity contribution in [1.29, 1.82) is 0 Å². The van der Waals surface area contributed by atoms with Crippen LogP contribution in [0, 0.1) is 0 Å². The van der Waals surface area contributed by atoms with Crippen LogP contribution in [0.15, 0.2) is 53.5 Å². The first-order valence-electron chi connectivity index (χ1n) is 10.7. The van der Waals surface area contributed by atoms with Crippen LogP contribution in [-0.4, -0.2) is 44.2 Å². The van der Waals surface area contributed by atoms with Gasteiger partial charge in [-0.15, -0.1) is 24.0 Å². The Morgan fingerprint density at radius 2 is 1.97 bits per heavy atom. The zero-order valence-electron chi connectivity index (χ0n) is 19.1. The monoisotopic (exact) mass is 552 g/mol. The van der Waals surface area contributed by atoms with Crippen molar-refractivity contribution >= 4 is 35.8 Å². The van der Waals surface area contributed by atoms with E-state index in [4.69, 9.17) is 9.47 Å². The second-order valence-corrected chi connectivity index (χ2v) is 8.05. The molecule has 0 saturated carbocycles. The molecule has 2 aromatic rings. The first-order chi connectivity index (χ1) is 14.9. The number of hydrogen-bond donors (Lipinski definition) is 3. The fourth-order valence-electron chi connectivity index (χ4n) is 3.62. The van der Waals surface area contributed by atoms with Gasteiger partial charge in [-0.25, -0.2) is 0 Å². The summed E-state index contributed by atoms with van der Waals surface area (Å²) in [5.74, 6) is 2.13. The lowest BCUT2D eigenvalue weighted by Crippen LogP contribution is -2.45. The second kappa shape index (κ2) is 11.9. The molecule has 32 heavy (non-hydrogen) atoms. The van der Waals surface area contributed by atoms with Crippen molar-refractivity contribution < 1.29 is 14.3 Å². The molecule has 7 nitrogen and oxygen atoms in total. The van der Waals surface area contributed by atoms with Crippen LogP contribution in [0.4, 0.5) is 0 Å². The average Bonchev–Trinajstić information content (AvgIpc) is 2.75. The van der Waals surface area contributed by atoms with Crippen molar-refractivity contribution in [2.75, 3.05) is 26.7 Å². The van der Waals surface area contributed by atoms with Crippen LogP contribution in [0.2, 0.25) is 0 Å². The van der Waals surface area contributed by atoms with Crippen molar-refractivity contribution in [3.63, 3.8) is 0 Å². The third-order valence-electron chi connectivity index (χ3n) is 5.03. The van der Waals surface area contributed by atoms with Crippen molar-refractivity contribution in [1.82, 2.24) is 16.0 Å². The Kier molecular flexibility index (Phi) is 9.61. The number of carbonyl (C=O) groups is 1. The molecule has 1 unspecified atom stereocenters. The molecular weight excluding hydrogens is 519 g/mol. The van der Waals surface area contributed by atoms with E-state index in [1.54, 1.807) is 25.3 Å². The van der Waals surface area contributed by atoms with E-state index in [1.807, 2.05) is 31.2 Å². The number of para-hydroxylation sites is 1. The minimum atomic E-state index is -0.270. The van der Waals surface area contributed by atoms with Gasteiger partial charge in [-0.1, -0.05) is 24.3 Å². The summed E-state index contributed by atoms with van der Waals surface area (Å²) in [6.07, 6.45) is 0.820. The summed E-state index contributed by atoms with van der Waals surface area (Å²) < 4.78 is 11.3. The molecule has 0 fully saturated rings. The summed E-state index contributed by atoms with van der Waals surface area (Å²) >= 11 is 0. The van der Waals surface area contributed by atoms with Gasteiger partial charge in [0.25, 0.3) is 5.91 Å². The molecule has 1 aliphatic rings. The van der Waals surface area contributed by atoms with Gasteiger partial charge in [-0.3, -0.25) is 9.79 Å². The minimum Gasteiger partial charge on any atom is -0.497 e. The van der Waals surface area contributed by atoms with Gasteiger partial charge in [0.2, 0.25) is 0 Å². The molecule has 1 heterocycles. The Hall–Kier alpha value is -2.49. The van der Waals surface area contributed by atoms with E-state index in [0.29, 0.717) is 24.4 Å². The highest BCUT2D eigenvalue weighted by Crippen LogP contribution is 2.39. The maximum absolute atomic E-state index is 12.3. The number of aliphatic imine (C=N–C) groups is 1. The van der Waals surface area contributed by atoms with Crippen LogP contribution in [-0.2, 0) is 0 Å². The van der Waals surface area contributed by atoms with E-state index in [9.17, 15) is 4.79 Å². The number of amides is 1. The molecule has 0 radical (unpaired) electrons. The fourth-order valence-corrected chi connectivity index (χ4v) is 3.62. The number of halogens is 1. The Bertz CT molecular complexity index is 933. The Morgan fingerprint density at radius 1 is 1.19 bits per heavy atom. The molecule has 1 amide bonds. The number of methoxy groups -OCH3 is 1. The fraction of sp³-hybridized carbons (Fsp3) is 0.417. The number of nitrogens with one attached hydrogen (secondary N) is 3. The average molecular weight is 552 g/mol. The highest BCUT2D eigenvalue weighted by atomic mass is 127. The van der Waals surface area contributed by atoms with Gasteiger partial charge >= 0.3 is 0 Å². The highest BCUT2D eigenvalue weighted by Gasteiger charge is 2.33. The summed E-state index contributed by atoms with van der Waals surface area (Å²) in [6, 6.07) is 15.3. The molecule has 1 aliphatic heterocycles. The van der Waals surface area contributed by atoms with Crippen LogP contribution in [0.25, 0.3) is 0 Å². The number of hydrogen-bond acceptors (Lipinski definition) is 4. The standard InChI is InChI=1S/C24H32N4O3.HI/c1-5-25-23(27-14-13-26-22(29)17-9-8-10-18(15-17)30-4)28-20-16-24(2,3)31-21-12-7-6-11-19(20)21;/h6-12,15,20H,5,13-14,16H2,1-4H3,(H,26,29)(H2,25,27,28);1H. The molecule has 0 spiro atoms. The van der Waals surface area contributed by atoms with E-state index < -0.39 is 0 Å². The number of rotatable bonds is 7. The van der Waals surface area contributed by atoms with Crippen LogP contribution in [0.3, 0.4) is 0 Å². The summed E-state index contributed by atoms with van der Waals surface area (Å²) in [4.78, 5) is 17.0. The Morgan fingerprint density at radius 3 is 2.72 bits per heavy atom. The van der Waals surface area contributed by atoms with Gasteiger partial charge in [0.15, 0.2) is 5.96 Å². The van der Waals surface area contributed by atoms with E-state index in [0.717, 1.165) is 30.2 Å². The predicted molar refractivity (Wildman–Crippen MR) is 138 cm³/mol. The van der Waals surface area contributed by atoms with Gasteiger partial charge in [0, 0.05) is 30.6 Å². The summed E-state index contributed by atoms with van der Waals surface area (Å²) in [7, 11) is 1.58. The molecular formula is C24H33IN4O3. The van der Waals surface area contributed by atoms with E-state index in [-0.39, 0.29) is 41.5 Å². The maximum atomic E-state index is 12.3. The number of guanidine groups is 1. The van der Waals surface area contributed by atoms with E-state index >= 15 is 0 Å². The van der Waals surface area contributed by atoms with Crippen LogP contribution in [0.1, 0.15) is 49.2 Å². The summed E-state index contributed by atoms with van der Waals surface area (Å²) in [5, 5.41) is 9.73. The van der Waals surface area contributed by atoms with Crippen LogP contribution < -0.4 is 25.4 Å². The number of ether oxygens (including phenoxy) is 2. The Balaban J connectivity index is 0.00000363. The molecule has 0 saturated heterocycles. The van der Waals surface area contributed by atoms with Crippen LogP contribution in [0.5, 0.6) is 11.5 Å². The molecule has 0 aromatic heterocycles. The van der Waals surface area contributed by atoms with Gasteiger partial charge in [-0.05, 0) is 45.0 Å². The molecule has 8 heteroatoms. The maximum Gasteiger partial charge on any atom is 0.251 e. The van der Waals surface area contributed by atoms with Gasteiger partial charge in [-0.2, -0.15) is 0 Å². The van der Waals surface area contributed by atoms with Gasteiger partial charge < -0.3 is 25.4 Å². The van der Waals surface area contributed by atoms with Gasteiger partial charge in [0.1, 0.15) is 17.1 Å². The lowest BCUT2D eigenvalue weighted by atomic mass is 9.90. The van der Waals surface area contributed by atoms with Crippen LogP contribution >= 0.6 is 24.0 Å². The lowest BCUT2D eigenvalue weighted by molar-refractivity contribution is 0.0694. The Labute approximate surface area is 207 Å². The number of nitrogens with zero attached hydrogens (tertiary/aromatic N) is 1. The molecule has 3 rings (SSSR count). The van der Waals surface area contributed by atoms with Crippen molar-refractivity contribution in [2.24, 2.45) is 4.99 Å². The summed E-state index contributed by atoms with van der Waals surface area (Å²) in [5.41, 5.74) is 1.42. The zero-order valence-corrected chi connectivity index (χ0v) is 21.4. The second-order valence-electron chi connectivity index (χ2n) is 8.05. The third-order valence-corrected chi connectivity index (χ3v) is 5.03. The van der Waals surface area contributed by atoms with E-state index in [2.05, 4.69) is 40.9 Å². The van der Waals surface area contributed by atoms with Gasteiger partial charge in [0.05, 0.1) is 19.7 Å². The van der Waals surface area contributed by atoms with Crippen molar-refractivity contribution in [3.05, 3.63) is 59.7 Å². The molecule has 3 N–H and O–H groups in total. The predicted octanol–water partition coefficient (Wildman–Crippen LogP) is 3.90. The number of carbonyl (C=O) groups excluding carboxylic acids is 1. The smallest absolute Gasteiger partial charge is 0.251 e. The highest BCUT2D eigenvalue weighted by molar-refractivity contribution is 14.0. The largest absolute Gasteiger partial charge is 0.497 e. The number of benzene rings is 2. The van der Waals surface area contributed by atoms with E-state index in [1.165, 1.54) is 0 Å². The van der Waals surface area contributed by atoms with Crippen molar-refractivity contribution in [3.8, 4) is 11.5 Å². The summed E-state index contributed by atoms with van der Waals surface area (Å²) in [6.45, 7) is 7.85. The normalized spacial score (nSPS) is 16.6. The molecule has 0 bridgehead atoms. The molecule has 0 aliphatic carbocycles. The lowest BCUT2D eigenvalue weighted by Gasteiger charge is -2.38. The third kappa shape index (κ3) is 7.01. The SMILES string of the molecule is CCNC(=NCCNC(=O)c1cccc(OC)c1)NC1CC(C)(C)Oc2ccccc21.I. The number of fused-ring (bicyclic) bond motifs is 1. The first kappa shape index (κ1) is 25.8. The molecule has 174 valence electrons.